The van der Waals surface area contributed by atoms with Gasteiger partial charge in [-0.25, -0.2) is 0 Å². The van der Waals surface area contributed by atoms with Crippen LogP contribution in [0.5, 0.6) is 0 Å². The van der Waals surface area contributed by atoms with Gasteiger partial charge in [0.05, 0.1) is 0 Å². The van der Waals surface area contributed by atoms with Crippen molar-refractivity contribution in [1.82, 2.24) is 5.32 Å². The van der Waals surface area contributed by atoms with Crippen molar-refractivity contribution in [1.29, 1.82) is 0 Å². The van der Waals surface area contributed by atoms with Crippen LogP contribution in [0, 0.1) is 3.57 Å². The molecule has 82 valence electrons. The SMILES string of the molecule is CCC(CC)NC(=O)c1cccc(I)c1. The molecule has 0 fully saturated rings. The maximum absolute atomic E-state index is 11.8. The third-order valence-corrected chi connectivity index (χ3v) is 3.08. The van der Waals surface area contributed by atoms with Crippen LogP contribution < -0.4 is 5.32 Å². The maximum atomic E-state index is 11.8. The second kappa shape index (κ2) is 6.10. The summed E-state index contributed by atoms with van der Waals surface area (Å²) in [6.45, 7) is 4.17. The normalized spacial score (nSPS) is 10.4. The minimum absolute atomic E-state index is 0.0298. The standard InChI is InChI=1S/C12H16INO/c1-3-11(4-2)14-12(15)9-6-5-7-10(13)8-9/h5-8,11H,3-4H2,1-2H3,(H,14,15). The molecule has 0 saturated carbocycles. The Kier molecular flexibility index (Phi) is 5.08. The van der Waals surface area contributed by atoms with Crippen molar-refractivity contribution in [3.63, 3.8) is 0 Å². The first-order chi connectivity index (χ1) is 7.17. The molecule has 0 aliphatic carbocycles. The summed E-state index contributed by atoms with van der Waals surface area (Å²) in [6, 6.07) is 7.92. The Balaban J connectivity index is 2.68. The van der Waals surface area contributed by atoms with Crippen LogP contribution >= 0.6 is 22.6 Å². The molecule has 0 saturated heterocycles. The van der Waals surface area contributed by atoms with Crippen molar-refractivity contribution in [3.05, 3.63) is 33.4 Å². The van der Waals surface area contributed by atoms with Gasteiger partial charge in [0.25, 0.3) is 5.91 Å². The van der Waals surface area contributed by atoms with E-state index in [1.54, 1.807) is 0 Å². The van der Waals surface area contributed by atoms with Crippen LogP contribution in [0.1, 0.15) is 37.0 Å². The predicted molar refractivity (Wildman–Crippen MR) is 71.0 cm³/mol. The average molecular weight is 317 g/mol. The number of carbonyl (C=O) groups excluding carboxylic acids is 1. The zero-order chi connectivity index (χ0) is 11.3. The monoisotopic (exact) mass is 317 g/mol. The van der Waals surface area contributed by atoms with Gasteiger partial charge in [-0.2, -0.15) is 0 Å². The number of rotatable bonds is 4. The fourth-order valence-electron chi connectivity index (χ4n) is 1.39. The van der Waals surface area contributed by atoms with Gasteiger partial charge in [-0.05, 0) is 53.6 Å². The molecule has 0 spiro atoms. The van der Waals surface area contributed by atoms with E-state index in [0.717, 1.165) is 22.0 Å². The summed E-state index contributed by atoms with van der Waals surface area (Å²) in [5.74, 6) is 0.0298. The van der Waals surface area contributed by atoms with Crippen molar-refractivity contribution in [3.8, 4) is 0 Å². The lowest BCUT2D eigenvalue weighted by atomic mass is 10.1. The first-order valence-electron chi connectivity index (χ1n) is 5.23. The van der Waals surface area contributed by atoms with Gasteiger partial charge in [0, 0.05) is 15.2 Å². The fourth-order valence-corrected chi connectivity index (χ4v) is 1.93. The van der Waals surface area contributed by atoms with Crippen LogP contribution in [-0.2, 0) is 0 Å². The molecular formula is C12H16INO. The van der Waals surface area contributed by atoms with Crippen LogP contribution in [-0.4, -0.2) is 11.9 Å². The van der Waals surface area contributed by atoms with Gasteiger partial charge < -0.3 is 5.32 Å². The zero-order valence-corrected chi connectivity index (χ0v) is 11.2. The quantitative estimate of drug-likeness (QED) is 0.849. The molecule has 0 aliphatic rings. The summed E-state index contributed by atoms with van der Waals surface area (Å²) < 4.78 is 1.09. The number of halogens is 1. The number of nitrogens with one attached hydrogen (secondary N) is 1. The maximum Gasteiger partial charge on any atom is 0.251 e. The fraction of sp³-hybridized carbons (Fsp3) is 0.417. The average Bonchev–Trinajstić information content (AvgIpc) is 2.25. The van der Waals surface area contributed by atoms with Crippen molar-refractivity contribution in [2.24, 2.45) is 0 Å². The van der Waals surface area contributed by atoms with Crippen molar-refractivity contribution < 1.29 is 4.79 Å². The smallest absolute Gasteiger partial charge is 0.251 e. The number of hydrogen-bond donors (Lipinski definition) is 1. The Labute approximate surface area is 105 Å². The van der Waals surface area contributed by atoms with Crippen LogP contribution in [0.2, 0.25) is 0 Å². The van der Waals surface area contributed by atoms with Crippen LogP contribution in [0.4, 0.5) is 0 Å². The molecule has 3 heteroatoms. The molecular weight excluding hydrogens is 301 g/mol. The highest BCUT2D eigenvalue weighted by Gasteiger charge is 2.10. The Morgan fingerprint density at radius 2 is 2.07 bits per heavy atom. The van der Waals surface area contributed by atoms with Gasteiger partial charge in [0.15, 0.2) is 0 Å². The first-order valence-corrected chi connectivity index (χ1v) is 6.31. The summed E-state index contributed by atoms with van der Waals surface area (Å²) in [6.07, 6.45) is 1.96. The van der Waals surface area contributed by atoms with Gasteiger partial charge in [0.1, 0.15) is 0 Å². The van der Waals surface area contributed by atoms with E-state index in [4.69, 9.17) is 0 Å². The minimum Gasteiger partial charge on any atom is -0.349 e. The molecule has 2 nitrogen and oxygen atoms in total. The molecule has 0 heterocycles. The van der Waals surface area contributed by atoms with E-state index in [-0.39, 0.29) is 11.9 Å². The molecule has 1 aromatic rings. The molecule has 1 N–H and O–H groups in total. The van der Waals surface area contributed by atoms with E-state index >= 15 is 0 Å². The number of carbonyl (C=O) groups is 1. The van der Waals surface area contributed by atoms with E-state index < -0.39 is 0 Å². The number of hydrogen-bond acceptors (Lipinski definition) is 1. The van der Waals surface area contributed by atoms with E-state index in [2.05, 4.69) is 41.8 Å². The van der Waals surface area contributed by atoms with Gasteiger partial charge in [-0.1, -0.05) is 19.9 Å². The van der Waals surface area contributed by atoms with E-state index in [1.165, 1.54) is 0 Å². The zero-order valence-electron chi connectivity index (χ0n) is 9.09. The lowest BCUT2D eigenvalue weighted by molar-refractivity contribution is 0.0935. The Bertz CT molecular complexity index is 334. The molecule has 0 atom stereocenters. The van der Waals surface area contributed by atoms with E-state index in [1.807, 2.05) is 24.3 Å². The lowest BCUT2D eigenvalue weighted by Gasteiger charge is -2.14. The van der Waals surface area contributed by atoms with Gasteiger partial charge >= 0.3 is 0 Å². The molecule has 0 aliphatic heterocycles. The minimum atomic E-state index is 0.0298. The summed E-state index contributed by atoms with van der Waals surface area (Å²) in [7, 11) is 0. The van der Waals surface area contributed by atoms with Crippen molar-refractivity contribution in [2.75, 3.05) is 0 Å². The number of benzene rings is 1. The Hall–Kier alpha value is -0.580. The lowest BCUT2D eigenvalue weighted by Crippen LogP contribution is -2.33. The summed E-state index contributed by atoms with van der Waals surface area (Å²) >= 11 is 2.21. The highest BCUT2D eigenvalue weighted by molar-refractivity contribution is 14.1. The second-order valence-corrected chi connectivity index (χ2v) is 4.74. The molecule has 0 aromatic heterocycles. The molecule has 0 bridgehead atoms. The summed E-state index contributed by atoms with van der Waals surface area (Å²) in [5.41, 5.74) is 0.744. The second-order valence-electron chi connectivity index (χ2n) is 3.50. The molecule has 1 amide bonds. The third-order valence-electron chi connectivity index (χ3n) is 2.41. The molecule has 0 radical (unpaired) electrons. The number of amides is 1. The summed E-state index contributed by atoms with van der Waals surface area (Å²) in [4.78, 5) is 11.8. The van der Waals surface area contributed by atoms with Crippen LogP contribution in [0.15, 0.2) is 24.3 Å². The molecule has 1 rings (SSSR count). The predicted octanol–water partition coefficient (Wildman–Crippen LogP) is 3.21. The highest BCUT2D eigenvalue weighted by atomic mass is 127. The first kappa shape index (κ1) is 12.5. The van der Waals surface area contributed by atoms with Crippen LogP contribution in [0.3, 0.4) is 0 Å². The Morgan fingerprint density at radius 3 is 2.60 bits per heavy atom. The van der Waals surface area contributed by atoms with Gasteiger partial charge in [-0.15, -0.1) is 0 Å². The van der Waals surface area contributed by atoms with E-state index in [0.29, 0.717) is 0 Å². The molecule has 1 aromatic carbocycles. The van der Waals surface area contributed by atoms with Crippen molar-refractivity contribution in [2.45, 2.75) is 32.7 Å². The third kappa shape index (κ3) is 3.81. The van der Waals surface area contributed by atoms with Crippen molar-refractivity contribution >= 4 is 28.5 Å². The topological polar surface area (TPSA) is 29.1 Å². The van der Waals surface area contributed by atoms with Crippen LogP contribution in [0.25, 0.3) is 0 Å². The van der Waals surface area contributed by atoms with Gasteiger partial charge in [-0.3, -0.25) is 4.79 Å². The molecule has 15 heavy (non-hydrogen) atoms. The largest absolute Gasteiger partial charge is 0.349 e. The Morgan fingerprint density at radius 1 is 1.40 bits per heavy atom. The highest BCUT2D eigenvalue weighted by Crippen LogP contribution is 2.08. The van der Waals surface area contributed by atoms with Gasteiger partial charge in [0.2, 0.25) is 0 Å². The summed E-state index contributed by atoms with van der Waals surface area (Å²) in [5, 5.41) is 3.02. The van der Waals surface area contributed by atoms with E-state index in [9.17, 15) is 4.79 Å². The molecule has 0 unspecified atom stereocenters.